The van der Waals surface area contributed by atoms with Crippen molar-refractivity contribution in [2.45, 2.75) is 44.4 Å². The average Bonchev–Trinajstić information content (AvgIpc) is 2.65. The highest BCUT2D eigenvalue weighted by Crippen LogP contribution is 2.38. The lowest BCUT2D eigenvalue weighted by atomic mass is 9.84. The predicted octanol–water partition coefficient (Wildman–Crippen LogP) is 1.62. The van der Waals surface area contributed by atoms with Crippen LogP contribution >= 0.6 is 12.4 Å². The van der Waals surface area contributed by atoms with Crippen LogP contribution in [-0.4, -0.2) is 67.2 Å². The molecular weight excluding hydrogens is 380 g/mol. The Labute approximate surface area is 172 Å². The number of hydrogen-bond donors (Lipinski definition) is 2. The number of carbonyl (C=O) groups excluding carboxylic acids is 2. The lowest BCUT2D eigenvalue weighted by Gasteiger charge is -2.46. The molecule has 2 N–H and O–H groups in total. The predicted molar refractivity (Wildman–Crippen MR) is 111 cm³/mol. The zero-order valence-corrected chi connectivity index (χ0v) is 17.3. The second-order valence-corrected chi connectivity index (χ2v) is 7.92. The Morgan fingerprint density at radius 3 is 2.50 bits per heavy atom. The number of nitrogens with zero attached hydrogens (tertiary/aromatic N) is 2. The molecule has 0 radical (unpaired) electrons. The van der Waals surface area contributed by atoms with E-state index in [1.54, 1.807) is 4.90 Å². The van der Waals surface area contributed by atoms with Crippen molar-refractivity contribution in [2.75, 3.05) is 42.9 Å². The van der Waals surface area contributed by atoms with Gasteiger partial charge in [-0.3, -0.25) is 14.5 Å². The summed E-state index contributed by atoms with van der Waals surface area (Å²) < 4.78 is 5.73. The van der Waals surface area contributed by atoms with E-state index in [4.69, 9.17) is 4.74 Å². The van der Waals surface area contributed by atoms with Crippen molar-refractivity contribution in [1.29, 1.82) is 0 Å². The van der Waals surface area contributed by atoms with E-state index in [0.717, 1.165) is 37.3 Å². The molecule has 2 atom stereocenters. The summed E-state index contributed by atoms with van der Waals surface area (Å²) in [5.74, 6) is -0.0171. The molecular formula is C20H29ClN4O3. The van der Waals surface area contributed by atoms with Crippen LogP contribution in [0.25, 0.3) is 0 Å². The Bertz CT molecular complexity index is 728. The molecule has 1 spiro atoms. The maximum Gasteiger partial charge on any atom is 0.253 e. The summed E-state index contributed by atoms with van der Waals surface area (Å²) in [6.07, 6.45) is 1.46. The Balaban J connectivity index is 0.00000225. The lowest BCUT2D eigenvalue weighted by molar-refractivity contribution is -0.142. The molecule has 1 aromatic carbocycles. The van der Waals surface area contributed by atoms with Crippen LogP contribution < -0.4 is 15.5 Å². The SMILES string of the molecule is C[C@@H]1CN(C(=O)CN2C(=O)C3(CCNCC3)Nc3ccccc32)C[C@H](C)O1.Cl. The van der Waals surface area contributed by atoms with Crippen LogP contribution in [0.5, 0.6) is 0 Å². The second-order valence-electron chi connectivity index (χ2n) is 7.92. The van der Waals surface area contributed by atoms with Crippen molar-refractivity contribution in [3.63, 3.8) is 0 Å². The molecule has 8 heteroatoms. The first kappa shape index (κ1) is 20.9. The van der Waals surface area contributed by atoms with Gasteiger partial charge in [-0.15, -0.1) is 12.4 Å². The molecule has 2 fully saturated rings. The molecule has 0 aromatic heterocycles. The third-order valence-corrected chi connectivity index (χ3v) is 5.75. The van der Waals surface area contributed by atoms with E-state index < -0.39 is 5.54 Å². The van der Waals surface area contributed by atoms with Gasteiger partial charge in [0.1, 0.15) is 12.1 Å². The molecule has 1 aromatic rings. The van der Waals surface area contributed by atoms with Crippen LogP contribution in [0.15, 0.2) is 24.3 Å². The van der Waals surface area contributed by atoms with Crippen LogP contribution in [0.2, 0.25) is 0 Å². The van der Waals surface area contributed by atoms with Gasteiger partial charge < -0.3 is 20.3 Å². The van der Waals surface area contributed by atoms with Gasteiger partial charge in [-0.05, 0) is 51.9 Å². The molecule has 28 heavy (non-hydrogen) atoms. The van der Waals surface area contributed by atoms with Gasteiger partial charge in [0, 0.05) is 13.1 Å². The molecule has 2 amide bonds. The standard InChI is InChI=1S/C20H28N4O3.ClH/c1-14-11-23(12-15(2)27-14)18(25)13-24-17-6-4-3-5-16(17)22-20(19(24)26)7-9-21-10-8-20;/h3-6,14-15,21-22H,7-13H2,1-2H3;1H/t14-,15+;. The number of nitrogens with one attached hydrogen (secondary N) is 2. The van der Waals surface area contributed by atoms with Crippen molar-refractivity contribution in [3.05, 3.63) is 24.3 Å². The molecule has 3 aliphatic heterocycles. The highest BCUT2D eigenvalue weighted by molar-refractivity contribution is 6.10. The maximum atomic E-state index is 13.5. The molecule has 0 aliphatic carbocycles. The van der Waals surface area contributed by atoms with Gasteiger partial charge >= 0.3 is 0 Å². The van der Waals surface area contributed by atoms with Crippen LogP contribution in [0.1, 0.15) is 26.7 Å². The summed E-state index contributed by atoms with van der Waals surface area (Å²) in [6, 6.07) is 7.76. The van der Waals surface area contributed by atoms with Crippen molar-refractivity contribution in [2.24, 2.45) is 0 Å². The van der Waals surface area contributed by atoms with Gasteiger partial charge in [0.05, 0.1) is 23.6 Å². The van der Waals surface area contributed by atoms with Crippen molar-refractivity contribution >= 4 is 35.6 Å². The minimum Gasteiger partial charge on any atom is -0.372 e. The number of fused-ring (bicyclic) bond motifs is 1. The number of hydrogen-bond acceptors (Lipinski definition) is 5. The highest BCUT2D eigenvalue weighted by Gasteiger charge is 2.47. The smallest absolute Gasteiger partial charge is 0.253 e. The van der Waals surface area contributed by atoms with E-state index in [1.165, 1.54) is 0 Å². The summed E-state index contributed by atoms with van der Waals surface area (Å²) in [4.78, 5) is 30.0. The van der Waals surface area contributed by atoms with Gasteiger partial charge in [-0.2, -0.15) is 0 Å². The Morgan fingerprint density at radius 1 is 1.18 bits per heavy atom. The van der Waals surface area contributed by atoms with E-state index in [9.17, 15) is 9.59 Å². The lowest BCUT2D eigenvalue weighted by Crippen LogP contribution is -2.63. The van der Waals surface area contributed by atoms with Gasteiger partial charge in [-0.25, -0.2) is 0 Å². The van der Waals surface area contributed by atoms with Crippen LogP contribution in [0.4, 0.5) is 11.4 Å². The Morgan fingerprint density at radius 2 is 1.82 bits per heavy atom. The minimum atomic E-state index is -0.620. The molecule has 0 bridgehead atoms. The number of carbonyl (C=O) groups is 2. The monoisotopic (exact) mass is 408 g/mol. The molecule has 3 heterocycles. The number of anilines is 2. The third kappa shape index (κ3) is 3.83. The molecule has 3 aliphatic rings. The van der Waals surface area contributed by atoms with E-state index in [0.29, 0.717) is 13.1 Å². The summed E-state index contributed by atoms with van der Waals surface area (Å²) >= 11 is 0. The second kappa shape index (κ2) is 8.27. The van der Waals surface area contributed by atoms with Crippen molar-refractivity contribution in [3.8, 4) is 0 Å². The van der Waals surface area contributed by atoms with E-state index in [2.05, 4.69) is 10.6 Å². The van der Waals surface area contributed by atoms with Crippen LogP contribution in [0, 0.1) is 0 Å². The number of amides is 2. The van der Waals surface area contributed by atoms with E-state index >= 15 is 0 Å². The number of halogens is 1. The van der Waals surface area contributed by atoms with E-state index in [1.807, 2.05) is 43.0 Å². The average molecular weight is 409 g/mol. The molecule has 154 valence electrons. The number of piperidine rings is 1. The summed E-state index contributed by atoms with van der Waals surface area (Å²) in [6.45, 7) is 6.76. The van der Waals surface area contributed by atoms with Crippen LogP contribution in [0.3, 0.4) is 0 Å². The number of benzene rings is 1. The Hall–Kier alpha value is -1.83. The summed E-state index contributed by atoms with van der Waals surface area (Å²) in [5, 5.41) is 6.80. The highest BCUT2D eigenvalue weighted by atomic mass is 35.5. The van der Waals surface area contributed by atoms with Gasteiger partial charge in [-0.1, -0.05) is 12.1 Å². The third-order valence-electron chi connectivity index (χ3n) is 5.75. The van der Waals surface area contributed by atoms with Crippen molar-refractivity contribution < 1.29 is 14.3 Å². The van der Waals surface area contributed by atoms with E-state index in [-0.39, 0.29) is 43.0 Å². The fourth-order valence-corrected chi connectivity index (χ4v) is 4.46. The van der Waals surface area contributed by atoms with Gasteiger partial charge in [0.2, 0.25) is 5.91 Å². The zero-order chi connectivity index (χ0) is 19.0. The largest absolute Gasteiger partial charge is 0.372 e. The number of para-hydroxylation sites is 2. The zero-order valence-electron chi connectivity index (χ0n) is 16.4. The number of morpholine rings is 1. The van der Waals surface area contributed by atoms with Gasteiger partial charge in [0.25, 0.3) is 5.91 Å². The minimum absolute atomic E-state index is 0. The molecule has 7 nitrogen and oxygen atoms in total. The summed E-state index contributed by atoms with van der Waals surface area (Å²) in [5.41, 5.74) is 1.09. The van der Waals surface area contributed by atoms with Gasteiger partial charge in [0.15, 0.2) is 0 Å². The maximum absolute atomic E-state index is 13.5. The van der Waals surface area contributed by atoms with Crippen LogP contribution in [-0.2, 0) is 14.3 Å². The number of ether oxygens (including phenoxy) is 1. The molecule has 0 saturated carbocycles. The molecule has 2 saturated heterocycles. The Kier molecular flexibility index (Phi) is 6.17. The first-order chi connectivity index (χ1) is 13.0. The topological polar surface area (TPSA) is 73.9 Å². The quantitative estimate of drug-likeness (QED) is 0.778. The first-order valence-electron chi connectivity index (χ1n) is 9.82. The molecule has 0 unspecified atom stereocenters. The summed E-state index contributed by atoms with van der Waals surface area (Å²) in [7, 11) is 0. The normalized spacial score (nSPS) is 26.3. The fourth-order valence-electron chi connectivity index (χ4n) is 4.46. The van der Waals surface area contributed by atoms with Crippen molar-refractivity contribution in [1.82, 2.24) is 10.2 Å². The molecule has 4 rings (SSSR count). The first-order valence-corrected chi connectivity index (χ1v) is 9.82. The number of rotatable bonds is 2. The fraction of sp³-hybridized carbons (Fsp3) is 0.600.